The van der Waals surface area contributed by atoms with Gasteiger partial charge in [0.15, 0.2) is 5.81 Å². The molecular weight excluding hydrogens is 205 g/mol. The van der Waals surface area contributed by atoms with Crippen molar-refractivity contribution in [1.29, 1.82) is 0 Å². The zero-order valence-corrected chi connectivity index (χ0v) is 9.49. The van der Waals surface area contributed by atoms with E-state index < -0.39 is 0 Å². The molecule has 4 nitrogen and oxygen atoms in total. The van der Waals surface area contributed by atoms with Crippen molar-refractivity contribution in [2.45, 2.75) is 19.8 Å². The first kappa shape index (κ1) is 17.1. The van der Waals surface area contributed by atoms with Crippen LogP contribution in [-0.2, 0) is 0 Å². The summed E-state index contributed by atoms with van der Waals surface area (Å²) in [5, 5.41) is 2.84. The zero-order chi connectivity index (χ0) is 10.2. The Kier molecular flexibility index (Phi) is 10.9. The van der Waals surface area contributed by atoms with Crippen molar-refractivity contribution in [3.63, 3.8) is 0 Å². The van der Waals surface area contributed by atoms with Crippen molar-refractivity contribution in [2.75, 3.05) is 6.54 Å². The maximum Gasteiger partial charge on any atom is 0.271 e. The molecule has 0 aliphatic rings. The van der Waals surface area contributed by atoms with Crippen LogP contribution in [0.15, 0.2) is 30.3 Å². The zero-order valence-electron chi connectivity index (χ0n) is 9.49. The number of unbranched alkanes of at least 4 members (excludes halogenated alkanes) is 1. The molecule has 0 heterocycles. The molecular formula is C11H19BNO3. The summed E-state index contributed by atoms with van der Waals surface area (Å²) in [5.74, 6) is -0.00958. The van der Waals surface area contributed by atoms with Gasteiger partial charge < -0.3 is 16.3 Å². The molecule has 0 saturated carbocycles. The van der Waals surface area contributed by atoms with Crippen LogP contribution in [0.4, 0.5) is 4.79 Å². The van der Waals surface area contributed by atoms with Crippen molar-refractivity contribution in [3.8, 4) is 0 Å². The summed E-state index contributed by atoms with van der Waals surface area (Å²) in [6.45, 7) is 2.87. The summed E-state index contributed by atoms with van der Waals surface area (Å²) in [7, 11) is 1.62. The highest BCUT2D eigenvalue weighted by Gasteiger charge is 2.03. The van der Waals surface area contributed by atoms with Crippen molar-refractivity contribution in [2.24, 2.45) is 0 Å². The Hall–Kier alpha value is -1.33. The maximum atomic E-state index is 11.3. The van der Waals surface area contributed by atoms with Crippen molar-refractivity contribution >= 4 is 18.5 Å². The van der Waals surface area contributed by atoms with Crippen LogP contribution in [0.1, 0.15) is 19.8 Å². The van der Waals surface area contributed by atoms with Gasteiger partial charge in [0.25, 0.3) is 7.28 Å². The molecule has 16 heavy (non-hydrogen) atoms. The number of hydrogen-bond donors (Lipinski definition) is 1. The Morgan fingerprint density at radius 2 is 1.88 bits per heavy atom. The van der Waals surface area contributed by atoms with E-state index in [1.165, 1.54) is 0 Å². The van der Waals surface area contributed by atoms with Crippen LogP contribution < -0.4 is 10.8 Å². The quantitative estimate of drug-likeness (QED) is 0.547. The lowest BCUT2D eigenvalue weighted by Crippen LogP contribution is -2.34. The van der Waals surface area contributed by atoms with Gasteiger partial charge in [-0.15, -0.1) is 0 Å². The first-order valence-corrected chi connectivity index (χ1v) is 5.00. The van der Waals surface area contributed by atoms with E-state index in [1.807, 2.05) is 30.3 Å². The number of amides is 1. The summed E-state index contributed by atoms with van der Waals surface area (Å²) in [6, 6.07) is 9.61. The van der Waals surface area contributed by atoms with Gasteiger partial charge in [-0.25, -0.2) is 0 Å². The van der Waals surface area contributed by atoms with Crippen LogP contribution in [0.3, 0.4) is 0 Å². The van der Waals surface area contributed by atoms with Crippen molar-refractivity contribution in [1.82, 2.24) is 5.32 Å². The monoisotopic (exact) mass is 224 g/mol. The van der Waals surface area contributed by atoms with Gasteiger partial charge in [0.1, 0.15) is 0 Å². The molecule has 0 aromatic heterocycles. The molecule has 0 aliphatic heterocycles. The van der Waals surface area contributed by atoms with Gasteiger partial charge in [0.2, 0.25) is 0 Å². The fraction of sp³-hybridized carbons (Fsp3) is 0.364. The van der Waals surface area contributed by atoms with Gasteiger partial charge in [0, 0.05) is 6.54 Å². The molecule has 5 heteroatoms. The van der Waals surface area contributed by atoms with Crippen LogP contribution in [0, 0.1) is 0 Å². The van der Waals surface area contributed by atoms with Gasteiger partial charge in [0.05, 0.1) is 0 Å². The molecule has 1 aromatic carbocycles. The molecule has 0 bridgehead atoms. The minimum Gasteiger partial charge on any atom is -0.412 e. The lowest BCUT2D eigenvalue weighted by atomic mass is 9.69. The molecule has 1 radical (unpaired) electrons. The number of benzene rings is 1. The van der Waals surface area contributed by atoms with Gasteiger partial charge in [-0.3, -0.25) is 4.79 Å². The second kappa shape index (κ2) is 10.2. The van der Waals surface area contributed by atoms with E-state index in [-0.39, 0.29) is 16.8 Å². The molecule has 1 aromatic rings. The molecule has 0 atom stereocenters. The van der Waals surface area contributed by atoms with E-state index in [2.05, 4.69) is 12.2 Å². The van der Waals surface area contributed by atoms with Crippen LogP contribution >= 0.6 is 0 Å². The first-order valence-electron chi connectivity index (χ1n) is 5.00. The average Bonchev–Trinajstić information content (AvgIpc) is 2.20. The second-order valence-electron chi connectivity index (χ2n) is 3.20. The highest BCUT2D eigenvalue weighted by molar-refractivity contribution is 6.83. The van der Waals surface area contributed by atoms with E-state index in [1.54, 1.807) is 7.28 Å². The number of carbonyl (C=O) groups is 1. The number of carbonyl (C=O) groups excluding carboxylic acids is 1. The molecule has 1 amide bonds. The fourth-order valence-electron chi connectivity index (χ4n) is 1.14. The van der Waals surface area contributed by atoms with E-state index in [0.717, 1.165) is 24.8 Å². The Bertz CT molecular complexity index is 280. The fourth-order valence-corrected chi connectivity index (χ4v) is 1.14. The van der Waals surface area contributed by atoms with E-state index in [4.69, 9.17) is 0 Å². The predicted octanol–water partition coefficient (Wildman–Crippen LogP) is -0.124. The maximum absolute atomic E-state index is 11.3. The van der Waals surface area contributed by atoms with Crippen molar-refractivity contribution < 1.29 is 15.7 Å². The van der Waals surface area contributed by atoms with Crippen LogP contribution in [-0.4, -0.2) is 30.6 Å². The summed E-state index contributed by atoms with van der Waals surface area (Å²) < 4.78 is 0. The Balaban J connectivity index is 0. The minimum atomic E-state index is -0.00958. The molecule has 1 rings (SSSR count). The van der Waals surface area contributed by atoms with E-state index in [0.29, 0.717) is 0 Å². The highest BCUT2D eigenvalue weighted by Crippen LogP contribution is 1.84. The number of nitrogens with one attached hydrogen (secondary N) is 1. The van der Waals surface area contributed by atoms with Crippen LogP contribution in [0.2, 0.25) is 0 Å². The standard InChI is InChI=1S/C11H15BNO.2H2O/c1-2-3-9-13-11(14)12-10-7-5-4-6-8-10;;/h4-8H,2-3,9H2,1H3,(H,13,14);2*1H2. The normalized spacial score (nSPS) is 8.31. The molecule has 89 valence electrons. The molecule has 0 aliphatic carbocycles. The topological polar surface area (TPSA) is 92.1 Å². The third-order valence-electron chi connectivity index (χ3n) is 1.93. The molecule has 0 fully saturated rings. The second-order valence-corrected chi connectivity index (χ2v) is 3.20. The Morgan fingerprint density at radius 1 is 1.25 bits per heavy atom. The Morgan fingerprint density at radius 3 is 2.44 bits per heavy atom. The van der Waals surface area contributed by atoms with Crippen molar-refractivity contribution in [3.05, 3.63) is 30.3 Å². The third kappa shape index (κ3) is 7.03. The average molecular weight is 224 g/mol. The summed E-state index contributed by atoms with van der Waals surface area (Å²) >= 11 is 0. The summed E-state index contributed by atoms with van der Waals surface area (Å²) in [5.41, 5.74) is 0.946. The lowest BCUT2D eigenvalue weighted by molar-refractivity contribution is 0.259. The SMILES string of the molecule is CCCCNC(=O)[B]c1ccccc1.O.O. The summed E-state index contributed by atoms with van der Waals surface area (Å²) in [4.78, 5) is 11.3. The smallest absolute Gasteiger partial charge is 0.271 e. The largest absolute Gasteiger partial charge is 0.412 e. The van der Waals surface area contributed by atoms with Gasteiger partial charge in [-0.1, -0.05) is 49.1 Å². The van der Waals surface area contributed by atoms with Crippen LogP contribution in [0.25, 0.3) is 0 Å². The van der Waals surface area contributed by atoms with Gasteiger partial charge in [-0.2, -0.15) is 0 Å². The van der Waals surface area contributed by atoms with Gasteiger partial charge >= 0.3 is 0 Å². The number of hydrogen-bond acceptors (Lipinski definition) is 1. The molecule has 0 saturated heterocycles. The first-order chi connectivity index (χ1) is 6.83. The third-order valence-corrected chi connectivity index (χ3v) is 1.93. The summed E-state index contributed by atoms with van der Waals surface area (Å²) in [6.07, 6.45) is 2.14. The minimum absolute atomic E-state index is 0. The molecule has 0 spiro atoms. The van der Waals surface area contributed by atoms with Gasteiger partial charge in [-0.05, 0) is 6.42 Å². The van der Waals surface area contributed by atoms with Crippen LogP contribution in [0.5, 0.6) is 0 Å². The molecule has 0 unspecified atom stereocenters. The Labute approximate surface area is 96.9 Å². The van der Waals surface area contributed by atoms with E-state index >= 15 is 0 Å². The van der Waals surface area contributed by atoms with E-state index in [9.17, 15) is 4.79 Å². The molecule has 5 N–H and O–H groups in total. The number of rotatable bonds is 5. The predicted molar refractivity (Wildman–Crippen MR) is 67.4 cm³/mol. The lowest BCUT2D eigenvalue weighted by Gasteiger charge is -2.02. The highest BCUT2D eigenvalue weighted by atomic mass is 16.1.